The van der Waals surface area contributed by atoms with E-state index in [0.29, 0.717) is 0 Å². The van der Waals surface area contributed by atoms with Gasteiger partial charge in [0.25, 0.3) is 0 Å². The van der Waals surface area contributed by atoms with E-state index in [4.69, 9.17) is 16.3 Å². The average Bonchev–Trinajstić information content (AvgIpc) is 2.49. The van der Waals surface area contributed by atoms with Gasteiger partial charge in [0.15, 0.2) is 0 Å². The van der Waals surface area contributed by atoms with Crippen molar-refractivity contribution >= 4 is 17.3 Å². The molecule has 112 valence electrons. The minimum Gasteiger partial charge on any atom is -0.495 e. The third kappa shape index (κ3) is 2.89. The largest absolute Gasteiger partial charge is 0.495 e. The molecule has 2 rings (SSSR count). The highest BCUT2D eigenvalue weighted by molar-refractivity contribution is 6.31. The molecule has 1 aromatic carbocycles. The zero-order valence-electron chi connectivity index (χ0n) is 12.9. The second-order valence-electron chi connectivity index (χ2n) is 5.61. The summed E-state index contributed by atoms with van der Waals surface area (Å²) < 4.78 is 5.52. The van der Waals surface area contributed by atoms with Gasteiger partial charge in [-0.3, -0.25) is 0 Å². The third-order valence-electron chi connectivity index (χ3n) is 4.53. The van der Waals surface area contributed by atoms with Crippen LogP contribution < -0.4 is 15.0 Å². The van der Waals surface area contributed by atoms with Gasteiger partial charge in [-0.2, -0.15) is 0 Å². The minimum absolute atomic E-state index is 0.205. The van der Waals surface area contributed by atoms with Gasteiger partial charge >= 0.3 is 0 Å². The fourth-order valence-electron chi connectivity index (χ4n) is 2.94. The number of aryl methyl sites for hydroxylation is 1. The van der Waals surface area contributed by atoms with Gasteiger partial charge in [0, 0.05) is 36.3 Å². The van der Waals surface area contributed by atoms with Gasteiger partial charge in [0.05, 0.1) is 12.8 Å². The minimum atomic E-state index is 0.205. The molecule has 1 aliphatic rings. The van der Waals surface area contributed by atoms with Crippen molar-refractivity contribution in [3.05, 3.63) is 22.7 Å². The molecule has 0 aromatic heterocycles. The Morgan fingerprint density at radius 1 is 1.35 bits per heavy atom. The molecule has 0 aliphatic carbocycles. The van der Waals surface area contributed by atoms with Crippen molar-refractivity contribution in [2.24, 2.45) is 0 Å². The number of nitrogens with one attached hydrogen (secondary N) is 1. The van der Waals surface area contributed by atoms with E-state index in [0.717, 1.165) is 54.5 Å². The molecular formula is C16H25ClN2O. The molecule has 1 fully saturated rings. The second kappa shape index (κ2) is 6.23. The highest BCUT2D eigenvalue weighted by Crippen LogP contribution is 2.35. The lowest BCUT2D eigenvalue weighted by atomic mass is 9.90. The fourth-order valence-corrected chi connectivity index (χ4v) is 3.10. The summed E-state index contributed by atoms with van der Waals surface area (Å²) in [5.74, 6) is 0.864. The van der Waals surface area contributed by atoms with Crippen molar-refractivity contribution in [1.82, 2.24) is 5.32 Å². The molecule has 20 heavy (non-hydrogen) atoms. The van der Waals surface area contributed by atoms with Crippen LogP contribution in [0.1, 0.15) is 32.3 Å². The fraction of sp³-hybridized carbons (Fsp3) is 0.625. The quantitative estimate of drug-likeness (QED) is 0.918. The average molecular weight is 297 g/mol. The number of benzene rings is 1. The molecule has 0 atom stereocenters. The van der Waals surface area contributed by atoms with Crippen LogP contribution in [0, 0.1) is 6.92 Å². The summed E-state index contributed by atoms with van der Waals surface area (Å²) >= 11 is 6.20. The monoisotopic (exact) mass is 296 g/mol. The normalized spacial score (nSPS) is 18.1. The predicted octanol–water partition coefficient (Wildman–Crippen LogP) is 3.63. The van der Waals surface area contributed by atoms with Crippen LogP contribution in [0.5, 0.6) is 5.75 Å². The Bertz CT molecular complexity index is 472. The molecule has 0 bridgehead atoms. The number of hydrogen-bond acceptors (Lipinski definition) is 3. The first kappa shape index (κ1) is 15.5. The van der Waals surface area contributed by atoms with Crippen LogP contribution in [0.25, 0.3) is 0 Å². The molecule has 1 N–H and O–H groups in total. The first-order valence-electron chi connectivity index (χ1n) is 7.39. The number of nitrogens with zero attached hydrogens (tertiary/aromatic N) is 1. The van der Waals surface area contributed by atoms with E-state index in [1.165, 1.54) is 0 Å². The standard InChI is InChI=1S/C16H25ClN2O/c1-5-16(6-2)11-19(8-7-18-16)14-9-12(3)13(17)10-15(14)20-4/h9-10,18H,5-8,11H2,1-4H3. The summed E-state index contributed by atoms with van der Waals surface area (Å²) in [5.41, 5.74) is 2.46. The Morgan fingerprint density at radius 3 is 2.65 bits per heavy atom. The van der Waals surface area contributed by atoms with Crippen LogP contribution >= 0.6 is 11.6 Å². The number of halogens is 1. The number of rotatable bonds is 4. The van der Waals surface area contributed by atoms with E-state index in [2.05, 4.69) is 30.1 Å². The molecule has 1 aromatic rings. The third-order valence-corrected chi connectivity index (χ3v) is 4.94. The first-order chi connectivity index (χ1) is 9.55. The lowest BCUT2D eigenvalue weighted by Gasteiger charge is -2.44. The van der Waals surface area contributed by atoms with Crippen molar-refractivity contribution in [1.29, 1.82) is 0 Å². The summed E-state index contributed by atoms with van der Waals surface area (Å²) in [4.78, 5) is 2.42. The SMILES string of the molecule is CCC1(CC)CN(c2cc(C)c(Cl)cc2OC)CCN1. The van der Waals surface area contributed by atoms with Crippen LogP contribution in [0.3, 0.4) is 0 Å². The highest BCUT2D eigenvalue weighted by Gasteiger charge is 2.32. The van der Waals surface area contributed by atoms with Gasteiger partial charge in [-0.15, -0.1) is 0 Å². The summed E-state index contributed by atoms with van der Waals surface area (Å²) in [6.45, 7) is 9.57. The van der Waals surface area contributed by atoms with Crippen LogP contribution in [-0.2, 0) is 0 Å². The maximum Gasteiger partial charge on any atom is 0.143 e. The summed E-state index contributed by atoms with van der Waals surface area (Å²) in [7, 11) is 1.71. The Labute approximate surface area is 127 Å². The van der Waals surface area contributed by atoms with E-state index in [1.807, 2.05) is 13.0 Å². The molecule has 0 spiro atoms. The number of methoxy groups -OCH3 is 1. The van der Waals surface area contributed by atoms with Crippen LogP contribution in [0.15, 0.2) is 12.1 Å². The first-order valence-corrected chi connectivity index (χ1v) is 7.77. The van der Waals surface area contributed by atoms with E-state index >= 15 is 0 Å². The van der Waals surface area contributed by atoms with E-state index in [1.54, 1.807) is 7.11 Å². The van der Waals surface area contributed by atoms with Gasteiger partial charge in [-0.25, -0.2) is 0 Å². The van der Waals surface area contributed by atoms with Gasteiger partial charge in [-0.1, -0.05) is 25.4 Å². The number of ether oxygens (including phenoxy) is 1. The van der Waals surface area contributed by atoms with Crippen molar-refractivity contribution in [3.63, 3.8) is 0 Å². The predicted molar refractivity (Wildman–Crippen MR) is 86.3 cm³/mol. The van der Waals surface area contributed by atoms with Crippen LogP contribution in [0.4, 0.5) is 5.69 Å². The number of hydrogen-bond donors (Lipinski definition) is 1. The van der Waals surface area contributed by atoms with E-state index < -0.39 is 0 Å². The number of anilines is 1. The van der Waals surface area contributed by atoms with Crippen molar-refractivity contribution in [3.8, 4) is 5.75 Å². The Balaban J connectivity index is 2.33. The summed E-state index contributed by atoms with van der Waals surface area (Å²) in [6, 6.07) is 4.07. The van der Waals surface area contributed by atoms with Gasteiger partial charge in [0.1, 0.15) is 5.75 Å². The number of piperazine rings is 1. The van der Waals surface area contributed by atoms with E-state index in [-0.39, 0.29) is 5.54 Å². The molecule has 1 aliphatic heterocycles. The topological polar surface area (TPSA) is 24.5 Å². The molecule has 0 unspecified atom stereocenters. The molecule has 0 radical (unpaired) electrons. The maximum absolute atomic E-state index is 6.20. The summed E-state index contributed by atoms with van der Waals surface area (Å²) in [5, 5.41) is 4.45. The van der Waals surface area contributed by atoms with Gasteiger partial charge in [0.2, 0.25) is 0 Å². The zero-order valence-corrected chi connectivity index (χ0v) is 13.7. The molecule has 1 saturated heterocycles. The lowest BCUT2D eigenvalue weighted by Crippen LogP contribution is -2.60. The van der Waals surface area contributed by atoms with Crippen LogP contribution in [0.2, 0.25) is 5.02 Å². The van der Waals surface area contributed by atoms with Gasteiger partial charge in [-0.05, 0) is 31.4 Å². The van der Waals surface area contributed by atoms with Gasteiger partial charge < -0.3 is 15.0 Å². The Hall–Kier alpha value is -0.930. The molecule has 1 heterocycles. The maximum atomic E-state index is 6.20. The Kier molecular flexibility index (Phi) is 4.82. The molecular weight excluding hydrogens is 272 g/mol. The second-order valence-corrected chi connectivity index (χ2v) is 6.02. The molecule has 0 saturated carbocycles. The molecule has 3 nitrogen and oxygen atoms in total. The zero-order chi connectivity index (χ0) is 14.8. The van der Waals surface area contributed by atoms with Crippen molar-refractivity contribution < 1.29 is 4.74 Å². The smallest absolute Gasteiger partial charge is 0.143 e. The molecule has 0 amide bonds. The molecule has 4 heteroatoms. The summed E-state index contributed by atoms with van der Waals surface area (Å²) in [6.07, 6.45) is 2.27. The lowest BCUT2D eigenvalue weighted by molar-refractivity contribution is 0.276. The van der Waals surface area contributed by atoms with Crippen molar-refractivity contribution in [2.45, 2.75) is 39.2 Å². The van der Waals surface area contributed by atoms with Crippen molar-refractivity contribution in [2.75, 3.05) is 31.6 Å². The highest BCUT2D eigenvalue weighted by atomic mass is 35.5. The Morgan fingerprint density at radius 2 is 2.05 bits per heavy atom. The van der Waals surface area contributed by atoms with Crippen LogP contribution in [-0.4, -0.2) is 32.3 Å². The van der Waals surface area contributed by atoms with E-state index in [9.17, 15) is 0 Å².